The van der Waals surface area contributed by atoms with E-state index < -0.39 is 11.9 Å². The van der Waals surface area contributed by atoms with Crippen molar-refractivity contribution in [1.82, 2.24) is 15.3 Å². The average molecular weight is 622 g/mol. The summed E-state index contributed by atoms with van der Waals surface area (Å²) in [7, 11) is 0. The summed E-state index contributed by atoms with van der Waals surface area (Å²) in [5.74, 6) is -1.49. The van der Waals surface area contributed by atoms with Crippen LogP contribution in [-0.4, -0.2) is 60.3 Å². The minimum atomic E-state index is -0.885. The van der Waals surface area contributed by atoms with Crippen LogP contribution in [0.2, 0.25) is 0 Å². The Labute approximate surface area is 260 Å². The number of aromatic amines is 2. The molecule has 0 aromatic carbocycles. The molecule has 2 aromatic rings. The van der Waals surface area contributed by atoms with Crippen LogP contribution in [-0.2, 0) is 40.1 Å². The smallest absolute Gasteiger partial charge is 0.341 e. The van der Waals surface area contributed by atoms with Crippen molar-refractivity contribution in [3.63, 3.8) is 0 Å². The standard InChI is InChI=1S/C33H40N4O6S/c1-7-19-14(2)23(36-33(19)43)12-22-15(3)20(8-10-26(38)39)24(34-22)13-25-21(9-11-27(40)41)16(4)29(35-25)31-30-28(18(6)44-31)17(5)32(42)37-30/h7,17-18,23,28,34-35H,1,8-13H2,2-6H3,(H,36,43)(H,37,42)(H,38,39)(H,40,41)/p+1/t17-,18+,23-,28+/m1/s1. The van der Waals surface area contributed by atoms with Gasteiger partial charge in [-0.3, -0.25) is 14.4 Å². The van der Waals surface area contributed by atoms with Crippen LogP contribution in [0.5, 0.6) is 0 Å². The largest absolute Gasteiger partial charge is 0.481 e. The third kappa shape index (κ3) is 5.65. The number of rotatable bonds is 12. The highest BCUT2D eigenvalue weighted by molar-refractivity contribution is 8.09. The fourth-order valence-corrected chi connectivity index (χ4v) is 8.53. The molecule has 0 saturated heterocycles. The number of aliphatic hydroxyl groups is 1. The first-order valence-electron chi connectivity index (χ1n) is 15.0. The highest BCUT2D eigenvalue weighted by Crippen LogP contribution is 2.49. The van der Waals surface area contributed by atoms with Gasteiger partial charge in [0.1, 0.15) is 0 Å². The number of hydrogen-bond acceptors (Lipinski definition) is 4. The number of amides is 1. The van der Waals surface area contributed by atoms with Crippen molar-refractivity contribution in [1.29, 1.82) is 0 Å². The molecule has 10 nitrogen and oxygen atoms in total. The summed E-state index contributed by atoms with van der Waals surface area (Å²) in [6.07, 6.45) is 3.17. The third-order valence-corrected chi connectivity index (χ3v) is 10.9. The number of carbonyl (C=O) groups is 3. The molecule has 5 heterocycles. The molecule has 7 N–H and O–H groups in total. The first-order valence-corrected chi connectivity index (χ1v) is 15.9. The van der Waals surface area contributed by atoms with Crippen LogP contribution in [0.3, 0.4) is 0 Å². The van der Waals surface area contributed by atoms with Gasteiger partial charge in [-0.05, 0) is 68.4 Å². The quantitative estimate of drug-likeness (QED) is 0.191. The second-order valence-electron chi connectivity index (χ2n) is 12.2. The Bertz CT molecular complexity index is 1660. The van der Waals surface area contributed by atoms with Gasteiger partial charge < -0.3 is 30.6 Å². The van der Waals surface area contributed by atoms with Crippen LogP contribution in [0.4, 0.5) is 0 Å². The minimum absolute atomic E-state index is 0.00554. The van der Waals surface area contributed by atoms with Crippen molar-refractivity contribution in [2.75, 3.05) is 0 Å². The number of aliphatic carboxylic acids is 2. The summed E-state index contributed by atoms with van der Waals surface area (Å²) in [6.45, 7) is 13.8. The second-order valence-corrected chi connectivity index (χ2v) is 13.5. The molecule has 0 saturated carbocycles. The minimum Gasteiger partial charge on any atom is -0.481 e. The number of carbonyl (C=O) groups excluding carboxylic acids is 1. The summed E-state index contributed by atoms with van der Waals surface area (Å²) in [5.41, 5.74) is 9.90. The molecule has 2 aromatic heterocycles. The van der Waals surface area contributed by atoms with E-state index in [2.05, 4.69) is 33.8 Å². The summed E-state index contributed by atoms with van der Waals surface area (Å²) < 4.78 is 0. The maximum atomic E-state index is 12.4. The van der Waals surface area contributed by atoms with Crippen LogP contribution in [0.25, 0.3) is 4.91 Å². The average Bonchev–Trinajstić information content (AvgIpc) is 3.69. The van der Waals surface area contributed by atoms with Crippen LogP contribution in [0.1, 0.15) is 78.6 Å². The van der Waals surface area contributed by atoms with Gasteiger partial charge in [0, 0.05) is 53.6 Å². The zero-order chi connectivity index (χ0) is 32.0. The Balaban J connectivity index is 1.55. The van der Waals surface area contributed by atoms with Gasteiger partial charge in [-0.2, -0.15) is 4.99 Å². The number of carboxylic acids is 2. The Morgan fingerprint density at radius 2 is 1.59 bits per heavy atom. The monoisotopic (exact) mass is 621 g/mol. The van der Waals surface area contributed by atoms with Gasteiger partial charge >= 0.3 is 17.8 Å². The topological polar surface area (TPSA) is 169 Å². The van der Waals surface area contributed by atoms with Crippen molar-refractivity contribution in [3.05, 3.63) is 74.5 Å². The van der Waals surface area contributed by atoms with Gasteiger partial charge in [0.25, 0.3) is 5.91 Å². The van der Waals surface area contributed by atoms with Gasteiger partial charge in [-0.15, -0.1) is 11.8 Å². The van der Waals surface area contributed by atoms with Crippen molar-refractivity contribution in [2.45, 2.75) is 84.4 Å². The molecule has 1 amide bonds. The van der Waals surface area contributed by atoms with Crippen LogP contribution in [0, 0.1) is 25.7 Å². The number of thioether (sulfide) groups is 1. The summed E-state index contributed by atoms with van der Waals surface area (Å²) >= 11 is 1.75. The number of fused-ring (bicyclic) bond motifs is 1. The zero-order valence-electron chi connectivity index (χ0n) is 25.8. The number of carboxylic acid groups (broad SMARTS) is 2. The maximum Gasteiger partial charge on any atom is 0.341 e. The lowest BCUT2D eigenvalue weighted by Crippen LogP contribution is -2.68. The normalized spacial score (nSPS) is 22.9. The Kier molecular flexibility index (Phi) is 8.71. The number of allylic oxidation sites excluding steroid dienone is 1. The molecule has 3 aliphatic heterocycles. The van der Waals surface area contributed by atoms with Crippen molar-refractivity contribution < 1.29 is 34.7 Å². The number of nitrogens with one attached hydrogen (secondary N) is 4. The molecule has 234 valence electrons. The lowest BCUT2D eigenvalue weighted by Gasteiger charge is -2.12. The van der Waals surface area contributed by atoms with E-state index in [1.165, 1.54) is 0 Å². The molecule has 0 aliphatic carbocycles. The van der Waals surface area contributed by atoms with Gasteiger partial charge in [-0.1, -0.05) is 19.6 Å². The Morgan fingerprint density at radius 3 is 2.18 bits per heavy atom. The van der Waals surface area contributed by atoms with E-state index in [0.29, 0.717) is 31.3 Å². The number of aromatic nitrogens is 2. The van der Waals surface area contributed by atoms with Crippen LogP contribution in [0.15, 0.2) is 29.5 Å². The first-order chi connectivity index (χ1) is 20.8. The summed E-state index contributed by atoms with van der Waals surface area (Å²) in [4.78, 5) is 47.1. The van der Waals surface area contributed by atoms with Gasteiger partial charge in [0.2, 0.25) is 5.70 Å². The van der Waals surface area contributed by atoms with Crippen molar-refractivity contribution in [2.24, 2.45) is 11.8 Å². The number of aliphatic hydroxyl groups excluding tert-OH is 1. The molecular weight excluding hydrogens is 580 g/mol. The van der Waals surface area contributed by atoms with E-state index in [4.69, 9.17) is 0 Å². The predicted octanol–water partition coefficient (Wildman–Crippen LogP) is 3.24. The molecule has 44 heavy (non-hydrogen) atoms. The molecule has 0 fully saturated rings. The van der Waals surface area contributed by atoms with E-state index in [1.807, 2.05) is 27.7 Å². The van der Waals surface area contributed by atoms with Gasteiger partial charge in [0.15, 0.2) is 0 Å². The summed E-state index contributed by atoms with van der Waals surface area (Å²) in [5, 5.41) is 32.8. The molecule has 5 rings (SSSR count). The second kappa shape index (κ2) is 12.2. The predicted molar refractivity (Wildman–Crippen MR) is 170 cm³/mol. The van der Waals surface area contributed by atoms with Crippen LogP contribution < -0.4 is 10.3 Å². The Morgan fingerprint density at radius 1 is 0.977 bits per heavy atom. The lowest BCUT2D eigenvalue weighted by atomic mass is 9.91. The first kappa shape index (κ1) is 31.4. The molecule has 0 spiro atoms. The maximum absolute atomic E-state index is 12.4. The number of hydrogen-bond donors (Lipinski definition) is 7. The SMILES string of the molecule is C=CC1=C(C)[C@@H](Cc2[nH]c(Cc3[nH]c(C4=C5[NH+]=C(O)[C@H](C)[C@H]5[C@H](C)S4)c(C)c3CCC(=O)O)c(CCC(=O)O)c2C)NC1=O. The van der Waals surface area contributed by atoms with Crippen molar-refractivity contribution in [3.8, 4) is 0 Å². The van der Waals surface area contributed by atoms with E-state index in [1.54, 1.807) is 17.8 Å². The third-order valence-electron chi connectivity index (χ3n) is 9.53. The lowest BCUT2D eigenvalue weighted by molar-refractivity contribution is -0.403. The van der Waals surface area contributed by atoms with Crippen molar-refractivity contribution >= 4 is 40.4 Å². The van der Waals surface area contributed by atoms with Crippen LogP contribution >= 0.6 is 11.8 Å². The molecule has 11 heteroatoms. The molecule has 0 radical (unpaired) electrons. The van der Waals surface area contributed by atoms with E-state index in [-0.39, 0.29) is 47.8 Å². The summed E-state index contributed by atoms with van der Waals surface area (Å²) in [6, 6.07) is -0.198. The van der Waals surface area contributed by atoms with E-state index in [9.17, 15) is 29.7 Å². The highest BCUT2D eigenvalue weighted by Gasteiger charge is 2.49. The fourth-order valence-electron chi connectivity index (χ4n) is 7.00. The molecule has 4 atom stereocenters. The molecular formula is C33H41N4O6S+. The Hall–Kier alpha value is -3.99. The number of H-pyrrole nitrogens is 2. The van der Waals surface area contributed by atoms with Gasteiger partial charge in [-0.25, -0.2) is 0 Å². The highest BCUT2D eigenvalue weighted by atomic mass is 32.2. The molecule has 0 unspecified atom stereocenters. The fraction of sp³-hybridized carbons (Fsp3) is 0.455. The zero-order valence-corrected chi connectivity index (χ0v) is 26.6. The van der Waals surface area contributed by atoms with Gasteiger partial charge in [0.05, 0.1) is 28.5 Å². The van der Waals surface area contributed by atoms with E-state index in [0.717, 1.165) is 61.2 Å². The molecule has 3 aliphatic rings. The molecule has 0 bridgehead atoms. The van der Waals surface area contributed by atoms with E-state index >= 15 is 0 Å².